The summed E-state index contributed by atoms with van der Waals surface area (Å²) in [7, 11) is 0. The molecule has 0 unspecified atom stereocenters. The number of thioether (sulfide) groups is 2. The molecule has 0 saturated carbocycles. The molecular weight excluding hydrogens is 693 g/mol. The summed E-state index contributed by atoms with van der Waals surface area (Å²) in [6, 6.07) is 14.6. The highest BCUT2D eigenvalue weighted by Gasteiger charge is 2.23. The zero-order chi connectivity index (χ0) is 37.5. The van der Waals surface area contributed by atoms with E-state index in [4.69, 9.17) is 11.5 Å². The number of guanidine groups is 2. The van der Waals surface area contributed by atoms with Crippen molar-refractivity contribution in [1.29, 1.82) is 0 Å². The summed E-state index contributed by atoms with van der Waals surface area (Å²) in [5.74, 6) is 2.39. The number of nitrogens with zero attached hydrogens (tertiary/aromatic N) is 2. The van der Waals surface area contributed by atoms with Crippen LogP contribution in [0.2, 0.25) is 0 Å². The normalized spacial score (nSPS) is 14.2. The van der Waals surface area contributed by atoms with Gasteiger partial charge >= 0.3 is 0 Å². The first-order valence-electron chi connectivity index (χ1n) is 17.6. The number of hydrogen-bond acceptors (Lipinski definition) is 12. The summed E-state index contributed by atoms with van der Waals surface area (Å²) in [6.07, 6.45) is 0. The Morgan fingerprint density at radius 3 is 1.85 bits per heavy atom. The lowest BCUT2D eigenvalue weighted by atomic mass is 9.85. The number of amides is 2. The third-order valence-corrected chi connectivity index (χ3v) is 10.7. The van der Waals surface area contributed by atoms with Crippen molar-refractivity contribution >= 4 is 70.0 Å². The van der Waals surface area contributed by atoms with E-state index >= 15 is 0 Å². The van der Waals surface area contributed by atoms with Crippen LogP contribution in [-0.2, 0) is 10.8 Å². The van der Waals surface area contributed by atoms with Crippen LogP contribution >= 0.6 is 23.5 Å². The second kappa shape index (κ2) is 16.8. The van der Waals surface area contributed by atoms with Crippen LogP contribution in [-0.4, -0.2) is 74.5 Å². The summed E-state index contributed by atoms with van der Waals surface area (Å²) >= 11 is 3.17. The Kier molecular flexibility index (Phi) is 12.5. The summed E-state index contributed by atoms with van der Waals surface area (Å²) in [5.41, 5.74) is 17.9. The van der Waals surface area contributed by atoms with Gasteiger partial charge in [-0.1, -0.05) is 47.6 Å². The van der Waals surface area contributed by atoms with Crippen molar-refractivity contribution in [2.75, 3.05) is 72.9 Å². The molecule has 0 atom stereocenters. The maximum Gasteiger partial charge on any atom is 0.255 e. The molecule has 3 aromatic rings. The topological polar surface area (TPSA) is 183 Å². The number of carbonyl (C=O) groups is 2. The largest absolute Gasteiger partial charge is 0.398 e. The average molecular weight is 745 g/mol. The van der Waals surface area contributed by atoms with Crippen molar-refractivity contribution in [2.45, 2.75) is 62.2 Å². The van der Waals surface area contributed by atoms with Crippen molar-refractivity contribution < 1.29 is 9.59 Å². The Labute approximate surface area is 315 Å². The Hall–Kier alpha value is -4.56. The van der Waals surface area contributed by atoms with Gasteiger partial charge in [0.1, 0.15) is 0 Å². The molecule has 12 nitrogen and oxygen atoms in total. The smallest absolute Gasteiger partial charge is 0.255 e. The quantitative estimate of drug-likeness (QED) is 0.0695. The first-order valence-corrected chi connectivity index (χ1v) is 19.6. The molecule has 0 spiro atoms. The van der Waals surface area contributed by atoms with Crippen LogP contribution in [0.3, 0.4) is 0 Å². The molecule has 14 heteroatoms. The number of nitrogen functional groups attached to an aromatic ring is 2. The van der Waals surface area contributed by atoms with E-state index in [1.165, 1.54) is 0 Å². The number of benzene rings is 3. The fraction of sp³-hybridized carbons (Fsp3) is 0.421. The minimum atomic E-state index is -0.336. The van der Waals surface area contributed by atoms with Gasteiger partial charge in [-0.3, -0.25) is 19.6 Å². The van der Waals surface area contributed by atoms with Gasteiger partial charge in [0.05, 0.1) is 29.4 Å². The molecule has 278 valence electrons. The molecule has 5 rings (SSSR count). The van der Waals surface area contributed by atoms with Crippen molar-refractivity contribution in [3.63, 3.8) is 0 Å². The van der Waals surface area contributed by atoms with Crippen LogP contribution in [0.1, 0.15) is 73.4 Å². The molecule has 2 heterocycles. The van der Waals surface area contributed by atoms with E-state index in [9.17, 15) is 9.59 Å². The van der Waals surface area contributed by atoms with Gasteiger partial charge in [0.2, 0.25) is 0 Å². The van der Waals surface area contributed by atoms with Crippen molar-refractivity contribution in [3.05, 3.63) is 70.8 Å². The highest BCUT2D eigenvalue weighted by molar-refractivity contribution is 7.99. The summed E-state index contributed by atoms with van der Waals surface area (Å²) in [4.78, 5) is 38.0. The molecule has 10 N–H and O–H groups in total. The van der Waals surface area contributed by atoms with Gasteiger partial charge in [0.15, 0.2) is 11.9 Å². The number of rotatable bonds is 12. The van der Waals surface area contributed by atoms with E-state index in [1.807, 2.05) is 24.3 Å². The van der Waals surface area contributed by atoms with Gasteiger partial charge in [-0.05, 0) is 64.4 Å². The molecular formula is C38H52N10O2S2. The molecule has 2 aliphatic rings. The number of anilines is 4. The van der Waals surface area contributed by atoms with Crippen LogP contribution in [0.15, 0.2) is 68.3 Å². The third kappa shape index (κ3) is 10.3. The molecule has 3 aromatic carbocycles. The highest BCUT2D eigenvalue weighted by Crippen LogP contribution is 2.39. The SMILES string of the molecule is CC(C)(C)c1cc(N)c(SCCNC2=NCCN2)c(NC(=O)c2cccc(C(=O)Nc3cc(C(C)(C)C)c(N)cc3SCCNC3=NCCN3)c2)c1. The van der Waals surface area contributed by atoms with Crippen molar-refractivity contribution in [3.8, 4) is 0 Å². The molecule has 0 aliphatic carbocycles. The van der Waals surface area contributed by atoms with E-state index in [0.29, 0.717) is 52.7 Å². The number of nitrogens with two attached hydrogens (primary N) is 2. The minimum Gasteiger partial charge on any atom is -0.398 e. The fourth-order valence-corrected chi connectivity index (χ4v) is 7.48. The third-order valence-electron chi connectivity index (χ3n) is 8.47. The van der Waals surface area contributed by atoms with Gasteiger partial charge in [-0.25, -0.2) is 0 Å². The Morgan fingerprint density at radius 2 is 1.31 bits per heavy atom. The van der Waals surface area contributed by atoms with Crippen LogP contribution in [0.25, 0.3) is 0 Å². The molecule has 0 bridgehead atoms. The zero-order valence-corrected chi connectivity index (χ0v) is 32.6. The van der Waals surface area contributed by atoms with Crippen molar-refractivity contribution in [2.24, 2.45) is 9.98 Å². The van der Waals surface area contributed by atoms with E-state index in [1.54, 1.807) is 47.8 Å². The molecule has 52 heavy (non-hydrogen) atoms. The molecule has 0 radical (unpaired) electrons. The van der Waals surface area contributed by atoms with E-state index in [-0.39, 0.29) is 22.6 Å². The Balaban J connectivity index is 1.33. The lowest BCUT2D eigenvalue weighted by molar-refractivity contribution is 0.102. The lowest BCUT2D eigenvalue weighted by Gasteiger charge is -2.24. The van der Waals surface area contributed by atoms with Gasteiger partial charge in [0, 0.05) is 65.1 Å². The first-order chi connectivity index (χ1) is 24.7. The second-order valence-electron chi connectivity index (χ2n) is 14.7. The Morgan fingerprint density at radius 1 is 0.731 bits per heavy atom. The number of carbonyl (C=O) groups excluding carboxylic acids is 2. The van der Waals surface area contributed by atoms with Gasteiger partial charge in [-0.2, -0.15) is 0 Å². The zero-order valence-electron chi connectivity index (χ0n) is 31.0. The van der Waals surface area contributed by atoms with E-state index in [0.717, 1.165) is 64.8 Å². The van der Waals surface area contributed by atoms with Gasteiger partial charge < -0.3 is 43.4 Å². The van der Waals surface area contributed by atoms with Gasteiger partial charge in [0.25, 0.3) is 11.8 Å². The van der Waals surface area contributed by atoms with E-state index < -0.39 is 0 Å². The van der Waals surface area contributed by atoms with E-state index in [2.05, 4.69) is 83.4 Å². The predicted octanol–water partition coefficient (Wildman–Crippen LogP) is 5.23. The van der Waals surface area contributed by atoms with Crippen molar-refractivity contribution in [1.82, 2.24) is 21.3 Å². The second-order valence-corrected chi connectivity index (χ2v) is 17.0. The summed E-state index contributed by atoms with van der Waals surface area (Å²) in [6.45, 7) is 17.2. The minimum absolute atomic E-state index is 0.187. The number of nitrogens with one attached hydrogen (secondary N) is 6. The standard InChI is InChI=1S/C38H52N10O2S2/c1-37(2,3)25-19-28(40)32(52-17-15-46-36-43-12-13-44-36)30(20-25)48-34(50)24-9-7-8-23(18-24)33(49)47-29-21-26(38(4,5)6)27(39)22-31(29)51-16-14-45-35-41-10-11-42-35/h7-9,18-22H,10-17,39-40H2,1-6H3,(H,47,49)(H,48,50)(H2,41,42,45)(H2,43,44,46). The maximum atomic E-state index is 13.8. The van der Waals surface area contributed by atoms with Crippen LogP contribution in [0, 0.1) is 0 Å². The summed E-state index contributed by atoms with van der Waals surface area (Å²) in [5, 5.41) is 19.2. The number of aliphatic imine (C=N–C) groups is 2. The first kappa shape index (κ1) is 38.7. The van der Waals surface area contributed by atoms with Crippen LogP contribution < -0.4 is 43.4 Å². The average Bonchev–Trinajstić information content (AvgIpc) is 3.81. The number of hydrogen-bond donors (Lipinski definition) is 8. The highest BCUT2D eigenvalue weighted by atomic mass is 32.2. The van der Waals surface area contributed by atoms with Gasteiger partial charge in [-0.15, -0.1) is 23.5 Å². The molecule has 2 amide bonds. The van der Waals surface area contributed by atoms with Crippen LogP contribution in [0.4, 0.5) is 22.7 Å². The lowest BCUT2D eigenvalue weighted by Crippen LogP contribution is -2.35. The summed E-state index contributed by atoms with van der Waals surface area (Å²) < 4.78 is 0. The molecule has 0 saturated heterocycles. The molecule has 0 aromatic heterocycles. The molecule has 0 fully saturated rings. The maximum absolute atomic E-state index is 13.8. The Bertz CT molecular complexity index is 1850. The molecule has 2 aliphatic heterocycles. The predicted molar refractivity (Wildman–Crippen MR) is 220 cm³/mol. The monoisotopic (exact) mass is 744 g/mol. The fourth-order valence-electron chi connectivity index (χ4n) is 5.68. The van der Waals surface area contributed by atoms with Crippen LogP contribution in [0.5, 0.6) is 0 Å².